The molecule has 0 atom stereocenters. The molecule has 0 aliphatic rings. The van der Waals surface area contributed by atoms with E-state index in [1.54, 1.807) is 18.6 Å². The Hall–Kier alpha value is -4.08. The van der Waals surface area contributed by atoms with Crippen LogP contribution in [0, 0.1) is 6.92 Å². The minimum Gasteiger partial charge on any atom is -0.424 e. The fraction of sp³-hybridized carbons (Fsp3) is 0.0588. The van der Waals surface area contributed by atoms with Crippen LogP contribution in [-0.2, 0) is 0 Å². The van der Waals surface area contributed by atoms with Gasteiger partial charge in [0.25, 0.3) is 0 Å². The van der Waals surface area contributed by atoms with Gasteiger partial charge in [0, 0.05) is 17.0 Å². The number of nitrogens with one attached hydrogen (secondary N) is 3. The second-order valence-electron chi connectivity index (χ2n) is 5.85. The third kappa shape index (κ3) is 2.78. The van der Waals surface area contributed by atoms with Gasteiger partial charge in [0.15, 0.2) is 5.82 Å². The summed E-state index contributed by atoms with van der Waals surface area (Å²) in [5, 5.41) is 22.5. The second kappa shape index (κ2) is 6.02. The molecule has 0 saturated carbocycles. The van der Waals surface area contributed by atoms with Gasteiger partial charge in [-0.1, -0.05) is 0 Å². The van der Waals surface area contributed by atoms with E-state index in [4.69, 9.17) is 4.74 Å². The summed E-state index contributed by atoms with van der Waals surface area (Å²) in [5.41, 5.74) is 2.30. The van der Waals surface area contributed by atoms with Crippen LogP contribution in [0.1, 0.15) is 5.69 Å². The maximum atomic E-state index is 5.88. The van der Waals surface area contributed by atoms with Crippen molar-refractivity contribution in [1.82, 2.24) is 40.6 Å². The number of ether oxygens (including phenoxy) is 1. The molecule has 10 heteroatoms. The second-order valence-corrected chi connectivity index (χ2v) is 5.85. The number of nitrogens with zero attached hydrogens (tertiary/aromatic N) is 6. The summed E-state index contributed by atoms with van der Waals surface area (Å²) in [6.07, 6.45) is 5.07. The van der Waals surface area contributed by atoms with Crippen molar-refractivity contribution in [3.63, 3.8) is 0 Å². The first-order chi connectivity index (χ1) is 13.3. The molecule has 132 valence electrons. The van der Waals surface area contributed by atoms with Crippen molar-refractivity contribution in [1.29, 1.82) is 0 Å². The van der Waals surface area contributed by atoms with Crippen molar-refractivity contribution in [2.24, 2.45) is 0 Å². The third-order valence-electron chi connectivity index (χ3n) is 4.06. The summed E-state index contributed by atoms with van der Waals surface area (Å²) in [7, 11) is 0. The maximum absolute atomic E-state index is 5.88. The lowest BCUT2D eigenvalue weighted by Gasteiger charge is -2.10. The van der Waals surface area contributed by atoms with E-state index >= 15 is 0 Å². The first-order valence-electron chi connectivity index (χ1n) is 8.13. The summed E-state index contributed by atoms with van der Waals surface area (Å²) >= 11 is 0. The molecule has 4 heterocycles. The number of fused-ring (bicyclic) bond motifs is 2. The highest BCUT2D eigenvalue weighted by atomic mass is 16.5. The number of hydrogen-bond acceptors (Lipinski definition) is 8. The average Bonchev–Trinajstić information content (AvgIpc) is 3.30. The molecule has 0 aliphatic carbocycles. The number of H-pyrrole nitrogens is 2. The van der Waals surface area contributed by atoms with E-state index in [-0.39, 0.29) is 6.01 Å². The highest BCUT2D eigenvalue weighted by Gasteiger charge is 2.13. The smallest absolute Gasteiger partial charge is 0.324 e. The Balaban J connectivity index is 1.56. The number of aromatic amines is 2. The van der Waals surface area contributed by atoms with Crippen molar-refractivity contribution in [2.75, 3.05) is 5.32 Å². The normalized spacial score (nSPS) is 11.1. The predicted octanol–water partition coefficient (Wildman–Crippen LogP) is 2.86. The Morgan fingerprint density at radius 3 is 2.89 bits per heavy atom. The van der Waals surface area contributed by atoms with Crippen LogP contribution in [0.15, 0.2) is 42.9 Å². The van der Waals surface area contributed by atoms with Gasteiger partial charge in [0.2, 0.25) is 0 Å². The van der Waals surface area contributed by atoms with Gasteiger partial charge in [-0.2, -0.15) is 25.4 Å². The van der Waals surface area contributed by atoms with Crippen LogP contribution in [0.5, 0.6) is 11.8 Å². The van der Waals surface area contributed by atoms with Crippen LogP contribution in [0.2, 0.25) is 0 Å². The Morgan fingerprint density at radius 1 is 1.04 bits per heavy atom. The van der Waals surface area contributed by atoms with Crippen LogP contribution in [0.25, 0.3) is 21.8 Å². The van der Waals surface area contributed by atoms with Gasteiger partial charge in [0.05, 0.1) is 23.4 Å². The van der Waals surface area contributed by atoms with Crippen molar-refractivity contribution < 1.29 is 4.74 Å². The van der Waals surface area contributed by atoms with Gasteiger partial charge in [-0.15, -0.1) is 5.10 Å². The standard InChI is InChI=1S/C17H13N9O/c1-9-15(25-26-23-9)21-16-12-4-5-18-8-14(12)20-17(22-16)27-11-2-3-13-10(6-11)7-19-24-13/h2-8H,1H3,(H,19,24)(H2,20,21,22,23,25,26). The van der Waals surface area contributed by atoms with Crippen LogP contribution in [-0.4, -0.2) is 40.6 Å². The molecule has 5 rings (SSSR count). The molecule has 10 nitrogen and oxygen atoms in total. The zero-order chi connectivity index (χ0) is 18.2. The molecule has 0 aliphatic heterocycles. The van der Waals surface area contributed by atoms with E-state index in [0.717, 1.165) is 22.0 Å². The summed E-state index contributed by atoms with van der Waals surface area (Å²) < 4.78 is 5.88. The van der Waals surface area contributed by atoms with Crippen molar-refractivity contribution >= 4 is 33.4 Å². The van der Waals surface area contributed by atoms with Gasteiger partial charge in [-0.3, -0.25) is 10.1 Å². The Morgan fingerprint density at radius 2 is 2.00 bits per heavy atom. The van der Waals surface area contributed by atoms with E-state index in [2.05, 4.69) is 45.9 Å². The molecular weight excluding hydrogens is 346 g/mol. The summed E-state index contributed by atoms with van der Waals surface area (Å²) in [5.74, 6) is 1.74. The summed E-state index contributed by atoms with van der Waals surface area (Å²) in [6.45, 7) is 1.84. The number of rotatable bonds is 4. The third-order valence-corrected chi connectivity index (χ3v) is 4.06. The van der Waals surface area contributed by atoms with Crippen molar-refractivity contribution in [2.45, 2.75) is 6.92 Å². The molecule has 0 amide bonds. The molecule has 0 spiro atoms. The van der Waals surface area contributed by atoms with Gasteiger partial charge in [-0.25, -0.2) is 0 Å². The van der Waals surface area contributed by atoms with E-state index in [0.29, 0.717) is 22.9 Å². The zero-order valence-corrected chi connectivity index (χ0v) is 14.1. The van der Waals surface area contributed by atoms with Gasteiger partial charge < -0.3 is 10.1 Å². The van der Waals surface area contributed by atoms with Crippen LogP contribution in [0.4, 0.5) is 11.6 Å². The SMILES string of the molecule is Cc1n[nH]nc1Nc1nc(Oc2ccc3[nH]ncc3c2)nc2cnccc12. The molecule has 0 fully saturated rings. The molecule has 0 radical (unpaired) electrons. The summed E-state index contributed by atoms with van der Waals surface area (Å²) in [4.78, 5) is 13.1. The number of benzene rings is 1. The van der Waals surface area contributed by atoms with Crippen LogP contribution < -0.4 is 10.1 Å². The molecule has 1 aromatic carbocycles. The Bertz CT molecular complexity index is 1260. The van der Waals surface area contributed by atoms with Gasteiger partial charge >= 0.3 is 6.01 Å². The number of hydrogen-bond donors (Lipinski definition) is 3. The van der Waals surface area contributed by atoms with E-state index < -0.39 is 0 Å². The van der Waals surface area contributed by atoms with Gasteiger partial charge in [-0.05, 0) is 31.2 Å². The fourth-order valence-electron chi connectivity index (χ4n) is 2.70. The first-order valence-corrected chi connectivity index (χ1v) is 8.13. The van der Waals surface area contributed by atoms with Crippen molar-refractivity contribution in [3.8, 4) is 11.8 Å². The Kier molecular flexibility index (Phi) is 3.39. The molecule has 0 saturated heterocycles. The fourth-order valence-corrected chi connectivity index (χ4v) is 2.70. The largest absolute Gasteiger partial charge is 0.424 e. The monoisotopic (exact) mass is 359 g/mol. The number of aromatic nitrogens is 8. The minimum atomic E-state index is 0.196. The molecule has 0 bridgehead atoms. The molecule has 27 heavy (non-hydrogen) atoms. The number of pyridine rings is 1. The van der Waals surface area contributed by atoms with Crippen LogP contribution in [0.3, 0.4) is 0 Å². The highest BCUT2D eigenvalue weighted by Crippen LogP contribution is 2.28. The maximum Gasteiger partial charge on any atom is 0.324 e. The average molecular weight is 359 g/mol. The lowest BCUT2D eigenvalue weighted by Crippen LogP contribution is -2.01. The van der Waals surface area contributed by atoms with Gasteiger partial charge in [0.1, 0.15) is 17.3 Å². The molecule has 3 N–H and O–H groups in total. The van der Waals surface area contributed by atoms with E-state index in [1.165, 1.54) is 0 Å². The highest BCUT2D eigenvalue weighted by molar-refractivity contribution is 5.90. The predicted molar refractivity (Wildman–Crippen MR) is 97.9 cm³/mol. The molecule has 0 unspecified atom stereocenters. The lowest BCUT2D eigenvalue weighted by molar-refractivity contribution is 0.446. The quantitative estimate of drug-likeness (QED) is 0.446. The lowest BCUT2D eigenvalue weighted by atomic mass is 10.2. The first kappa shape index (κ1) is 15.2. The molecule has 4 aromatic heterocycles. The molecular formula is C17H13N9O. The van der Waals surface area contributed by atoms with Crippen LogP contribution >= 0.6 is 0 Å². The molecule has 5 aromatic rings. The Labute approximate surface area is 152 Å². The number of anilines is 2. The topological polar surface area (TPSA) is 130 Å². The zero-order valence-electron chi connectivity index (χ0n) is 14.1. The van der Waals surface area contributed by atoms with E-state index in [9.17, 15) is 0 Å². The summed E-state index contributed by atoms with van der Waals surface area (Å²) in [6, 6.07) is 7.60. The van der Waals surface area contributed by atoms with E-state index in [1.807, 2.05) is 31.2 Å². The van der Waals surface area contributed by atoms with Crippen molar-refractivity contribution in [3.05, 3.63) is 48.5 Å². The number of aryl methyl sites for hydroxylation is 1. The minimum absolute atomic E-state index is 0.196.